The number of anilines is 2. The van der Waals surface area contributed by atoms with Gasteiger partial charge in [-0.25, -0.2) is 8.42 Å². The van der Waals surface area contributed by atoms with Crippen molar-refractivity contribution in [3.8, 4) is 5.75 Å². The summed E-state index contributed by atoms with van der Waals surface area (Å²) >= 11 is 11.9. The number of nitrogens with one attached hydrogen (secondary N) is 2. The quantitative estimate of drug-likeness (QED) is 0.441. The second kappa shape index (κ2) is 10.0. The summed E-state index contributed by atoms with van der Waals surface area (Å²) < 4.78 is 33.3. The van der Waals surface area contributed by atoms with Crippen molar-refractivity contribution in [3.05, 3.63) is 82.8 Å². The average Bonchev–Trinajstić information content (AvgIpc) is 2.75. The van der Waals surface area contributed by atoms with Crippen LogP contribution in [0.2, 0.25) is 10.0 Å². The molecule has 0 saturated carbocycles. The first-order valence-corrected chi connectivity index (χ1v) is 11.6. The Morgan fingerprint density at radius 2 is 1.55 bits per heavy atom. The summed E-state index contributed by atoms with van der Waals surface area (Å²) in [6, 6.07) is 19.1. The Morgan fingerprint density at radius 1 is 0.935 bits per heavy atom. The monoisotopic (exact) mass is 478 g/mol. The van der Waals surface area contributed by atoms with E-state index < -0.39 is 16.1 Å². The predicted octanol–water partition coefficient (Wildman–Crippen LogP) is 5.59. The van der Waals surface area contributed by atoms with E-state index in [0.29, 0.717) is 33.6 Å². The molecule has 162 valence electrons. The number of rotatable bonds is 8. The van der Waals surface area contributed by atoms with Gasteiger partial charge in [0.25, 0.3) is 15.9 Å². The summed E-state index contributed by atoms with van der Waals surface area (Å²) in [7, 11) is -3.78. The molecule has 0 bridgehead atoms. The van der Waals surface area contributed by atoms with Gasteiger partial charge in [-0.15, -0.1) is 0 Å². The molecule has 0 aliphatic carbocycles. The van der Waals surface area contributed by atoms with Crippen LogP contribution in [0.4, 0.5) is 11.4 Å². The second-order valence-corrected chi connectivity index (χ2v) is 9.10. The molecule has 6 nitrogen and oxygen atoms in total. The van der Waals surface area contributed by atoms with Crippen LogP contribution in [0, 0.1) is 0 Å². The molecule has 2 N–H and O–H groups in total. The molecule has 0 spiro atoms. The van der Waals surface area contributed by atoms with Crippen LogP contribution < -0.4 is 14.8 Å². The maximum Gasteiger partial charge on any atom is 0.265 e. The van der Waals surface area contributed by atoms with E-state index in [0.717, 1.165) is 0 Å². The van der Waals surface area contributed by atoms with Crippen molar-refractivity contribution in [1.82, 2.24) is 0 Å². The fourth-order valence-electron chi connectivity index (χ4n) is 2.69. The van der Waals surface area contributed by atoms with Gasteiger partial charge in [0, 0.05) is 16.4 Å². The Labute approximate surface area is 191 Å². The summed E-state index contributed by atoms with van der Waals surface area (Å²) in [5.41, 5.74) is 0.834. The topological polar surface area (TPSA) is 84.5 Å². The number of carbonyl (C=O) groups excluding carboxylic acids is 1. The van der Waals surface area contributed by atoms with E-state index >= 15 is 0 Å². The Bertz CT molecular complexity index is 1150. The van der Waals surface area contributed by atoms with E-state index in [2.05, 4.69) is 10.0 Å². The van der Waals surface area contributed by atoms with Gasteiger partial charge in [-0.1, -0.05) is 42.3 Å². The van der Waals surface area contributed by atoms with Gasteiger partial charge in [0.15, 0.2) is 6.10 Å². The number of halogens is 2. The van der Waals surface area contributed by atoms with Crippen molar-refractivity contribution >= 4 is 50.5 Å². The predicted molar refractivity (Wildman–Crippen MR) is 123 cm³/mol. The van der Waals surface area contributed by atoms with Crippen molar-refractivity contribution in [2.75, 3.05) is 10.0 Å². The van der Waals surface area contributed by atoms with Crippen molar-refractivity contribution in [3.63, 3.8) is 0 Å². The number of para-hydroxylation sites is 1. The molecule has 0 heterocycles. The fraction of sp³-hybridized carbons (Fsp3) is 0.136. The average molecular weight is 479 g/mol. The molecule has 0 unspecified atom stereocenters. The van der Waals surface area contributed by atoms with Gasteiger partial charge in [-0.05, 0) is 67.1 Å². The molecule has 31 heavy (non-hydrogen) atoms. The number of amides is 1. The third kappa shape index (κ3) is 6.13. The Hall–Kier alpha value is -2.74. The summed E-state index contributed by atoms with van der Waals surface area (Å²) in [6.07, 6.45) is -0.330. The Kier molecular flexibility index (Phi) is 7.43. The molecule has 3 aromatic rings. The van der Waals surface area contributed by atoms with Gasteiger partial charge in [0.2, 0.25) is 0 Å². The van der Waals surface area contributed by atoms with Gasteiger partial charge in [0.1, 0.15) is 5.75 Å². The van der Waals surface area contributed by atoms with Crippen LogP contribution in [0.3, 0.4) is 0 Å². The van der Waals surface area contributed by atoms with E-state index in [9.17, 15) is 13.2 Å². The highest BCUT2D eigenvalue weighted by Crippen LogP contribution is 2.25. The maximum absolute atomic E-state index is 12.6. The van der Waals surface area contributed by atoms with Crippen molar-refractivity contribution in [2.24, 2.45) is 0 Å². The number of sulfonamides is 1. The first kappa shape index (κ1) is 22.9. The molecule has 0 aliphatic heterocycles. The molecular weight excluding hydrogens is 459 g/mol. The van der Waals surface area contributed by atoms with Crippen LogP contribution in [-0.2, 0) is 14.8 Å². The maximum atomic E-state index is 12.6. The number of hydrogen-bond acceptors (Lipinski definition) is 4. The minimum Gasteiger partial charge on any atom is -0.479 e. The van der Waals surface area contributed by atoms with Gasteiger partial charge >= 0.3 is 0 Å². The summed E-state index contributed by atoms with van der Waals surface area (Å²) in [4.78, 5) is 12.6. The number of benzene rings is 3. The second-order valence-electron chi connectivity index (χ2n) is 6.57. The Balaban J connectivity index is 1.67. The van der Waals surface area contributed by atoms with Crippen molar-refractivity contribution in [2.45, 2.75) is 24.3 Å². The fourth-order valence-corrected chi connectivity index (χ4v) is 4.05. The van der Waals surface area contributed by atoms with Crippen molar-refractivity contribution < 1.29 is 17.9 Å². The van der Waals surface area contributed by atoms with Gasteiger partial charge < -0.3 is 10.1 Å². The Morgan fingerprint density at radius 3 is 2.16 bits per heavy atom. The molecule has 9 heteroatoms. The normalized spacial score (nSPS) is 12.1. The molecule has 1 atom stereocenters. The molecule has 1 amide bonds. The van der Waals surface area contributed by atoms with E-state index in [-0.39, 0.29) is 10.8 Å². The van der Waals surface area contributed by atoms with E-state index in [4.69, 9.17) is 27.9 Å². The van der Waals surface area contributed by atoms with Crippen LogP contribution >= 0.6 is 23.2 Å². The highest BCUT2D eigenvalue weighted by atomic mass is 35.5. The first-order chi connectivity index (χ1) is 14.8. The molecule has 0 saturated heterocycles. The summed E-state index contributed by atoms with van der Waals surface area (Å²) in [6.45, 7) is 1.82. The van der Waals surface area contributed by atoms with Gasteiger partial charge in [0.05, 0.1) is 9.92 Å². The number of hydrogen-bond donors (Lipinski definition) is 2. The molecular formula is C22H20Cl2N2O4S. The third-order valence-electron chi connectivity index (χ3n) is 4.30. The SMILES string of the molecule is CC[C@H](Oc1ccccc1Cl)C(=O)Nc1ccc(S(=O)(=O)Nc2ccc(Cl)cc2)cc1. The smallest absolute Gasteiger partial charge is 0.265 e. The van der Waals surface area contributed by atoms with E-state index in [1.165, 1.54) is 24.3 Å². The minimum absolute atomic E-state index is 0.0554. The van der Waals surface area contributed by atoms with Crippen LogP contribution in [0.25, 0.3) is 0 Å². The van der Waals surface area contributed by atoms with E-state index in [1.54, 1.807) is 48.5 Å². The lowest BCUT2D eigenvalue weighted by Crippen LogP contribution is -2.32. The molecule has 0 aliphatic rings. The third-order valence-corrected chi connectivity index (χ3v) is 6.26. The largest absolute Gasteiger partial charge is 0.479 e. The standard InChI is InChI=1S/C22H20Cl2N2O4S/c1-2-20(30-21-6-4-3-5-19(21)24)22(27)25-16-11-13-18(14-12-16)31(28,29)26-17-9-7-15(23)8-10-17/h3-14,20,26H,2H2,1H3,(H,25,27)/t20-/m0/s1. The van der Waals surface area contributed by atoms with Crippen LogP contribution in [-0.4, -0.2) is 20.4 Å². The molecule has 0 aromatic heterocycles. The zero-order valence-electron chi connectivity index (χ0n) is 16.5. The van der Waals surface area contributed by atoms with Crippen LogP contribution in [0.15, 0.2) is 77.7 Å². The zero-order valence-corrected chi connectivity index (χ0v) is 18.8. The molecule has 0 radical (unpaired) electrons. The van der Waals surface area contributed by atoms with Crippen molar-refractivity contribution in [1.29, 1.82) is 0 Å². The van der Waals surface area contributed by atoms with Crippen LogP contribution in [0.5, 0.6) is 5.75 Å². The highest BCUT2D eigenvalue weighted by molar-refractivity contribution is 7.92. The van der Waals surface area contributed by atoms with Gasteiger partial charge in [-0.3, -0.25) is 9.52 Å². The summed E-state index contributed by atoms with van der Waals surface area (Å²) in [5.74, 6) is 0.0539. The van der Waals surface area contributed by atoms with Crippen LogP contribution in [0.1, 0.15) is 13.3 Å². The lowest BCUT2D eigenvalue weighted by Gasteiger charge is -2.18. The van der Waals surface area contributed by atoms with Gasteiger partial charge in [-0.2, -0.15) is 0 Å². The number of ether oxygens (including phenoxy) is 1. The zero-order chi connectivity index (χ0) is 22.4. The molecule has 3 rings (SSSR count). The first-order valence-electron chi connectivity index (χ1n) is 9.39. The number of carbonyl (C=O) groups is 1. The molecule has 0 fully saturated rings. The molecule has 3 aromatic carbocycles. The van der Waals surface area contributed by atoms with E-state index in [1.807, 2.05) is 6.92 Å². The summed E-state index contributed by atoms with van der Waals surface area (Å²) in [5, 5.41) is 3.65. The lowest BCUT2D eigenvalue weighted by atomic mass is 10.2. The highest BCUT2D eigenvalue weighted by Gasteiger charge is 2.20. The lowest BCUT2D eigenvalue weighted by molar-refractivity contribution is -0.122. The minimum atomic E-state index is -3.78.